The molecule has 0 aliphatic rings. The van der Waals surface area contributed by atoms with Gasteiger partial charge in [0.2, 0.25) is 0 Å². The summed E-state index contributed by atoms with van der Waals surface area (Å²) in [4.78, 5) is 12.4. The quantitative estimate of drug-likeness (QED) is 0.393. The van der Waals surface area contributed by atoms with Gasteiger partial charge in [0.1, 0.15) is 5.75 Å². The van der Waals surface area contributed by atoms with Gasteiger partial charge in [-0.25, -0.2) is 4.79 Å². The summed E-state index contributed by atoms with van der Waals surface area (Å²) in [6, 6.07) is 16.5. The van der Waals surface area contributed by atoms with E-state index in [-0.39, 0.29) is 0 Å². The number of carbonyl (C=O) groups is 1. The van der Waals surface area contributed by atoms with E-state index in [0.717, 1.165) is 10.5 Å². The summed E-state index contributed by atoms with van der Waals surface area (Å²) in [5.74, 6) is 0.112. The van der Waals surface area contributed by atoms with E-state index in [1.807, 2.05) is 30.3 Å². The first-order valence-electron chi connectivity index (χ1n) is 5.48. The van der Waals surface area contributed by atoms with Gasteiger partial charge in [0.15, 0.2) is 0 Å². The van der Waals surface area contributed by atoms with Crippen molar-refractivity contribution in [1.82, 2.24) is 0 Å². The summed E-state index contributed by atoms with van der Waals surface area (Å²) in [5, 5.41) is 0. The average Bonchev–Trinajstić information content (AvgIpc) is 2.40. The number of carbonyl (C=O) groups excluding carboxylic acids is 1. The van der Waals surface area contributed by atoms with Gasteiger partial charge in [-0.05, 0) is 35.9 Å². The minimum Gasteiger partial charge on any atom is -0.423 e. The Labute approximate surface area is 111 Å². The third-order valence-corrected chi connectivity index (χ3v) is 2.56. The van der Waals surface area contributed by atoms with E-state index < -0.39 is 5.97 Å². The third kappa shape index (κ3) is 3.79. The van der Waals surface area contributed by atoms with Crippen LogP contribution in [0.5, 0.6) is 5.75 Å². The maximum Gasteiger partial charge on any atom is 0.336 e. The maximum absolute atomic E-state index is 11.5. The van der Waals surface area contributed by atoms with Crippen LogP contribution >= 0.6 is 12.6 Å². The molecule has 0 atom stereocenters. The molecule has 0 aliphatic carbocycles. The monoisotopic (exact) mass is 256 g/mol. The molecule has 2 aromatic rings. The minimum atomic E-state index is -0.397. The number of benzene rings is 2. The van der Waals surface area contributed by atoms with Crippen LogP contribution in [-0.2, 0) is 4.79 Å². The number of rotatable bonds is 3. The highest BCUT2D eigenvalue weighted by Crippen LogP contribution is 2.14. The molecule has 90 valence electrons. The third-order valence-electron chi connectivity index (χ3n) is 2.27. The summed E-state index contributed by atoms with van der Waals surface area (Å²) in [5.41, 5.74) is 0.958. The van der Waals surface area contributed by atoms with Crippen LogP contribution in [0.25, 0.3) is 6.08 Å². The summed E-state index contributed by atoms with van der Waals surface area (Å²) >= 11 is 4.16. The Morgan fingerprint density at radius 3 is 2.33 bits per heavy atom. The van der Waals surface area contributed by atoms with Crippen LogP contribution in [0.2, 0.25) is 0 Å². The molecule has 0 amide bonds. The largest absolute Gasteiger partial charge is 0.423 e. The Balaban J connectivity index is 1.97. The lowest BCUT2D eigenvalue weighted by atomic mass is 10.2. The van der Waals surface area contributed by atoms with Gasteiger partial charge in [0.25, 0.3) is 0 Å². The van der Waals surface area contributed by atoms with Gasteiger partial charge in [-0.15, -0.1) is 12.6 Å². The highest BCUT2D eigenvalue weighted by atomic mass is 32.1. The van der Waals surface area contributed by atoms with Crippen LogP contribution in [0.15, 0.2) is 65.6 Å². The van der Waals surface area contributed by atoms with Crippen molar-refractivity contribution in [2.75, 3.05) is 0 Å². The van der Waals surface area contributed by atoms with Gasteiger partial charge >= 0.3 is 5.97 Å². The molecule has 3 heteroatoms. The van der Waals surface area contributed by atoms with Crippen molar-refractivity contribution in [3.05, 3.63) is 66.2 Å². The van der Waals surface area contributed by atoms with E-state index in [2.05, 4.69) is 12.6 Å². The molecule has 0 N–H and O–H groups in total. The fraction of sp³-hybridized carbons (Fsp3) is 0. The van der Waals surface area contributed by atoms with Gasteiger partial charge in [-0.2, -0.15) is 0 Å². The van der Waals surface area contributed by atoms with E-state index in [4.69, 9.17) is 4.74 Å². The van der Waals surface area contributed by atoms with E-state index in [1.54, 1.807) is 30.3 Å². The van der Waals surface area contributed by atoms with Crippen molar-refractivity contribution in [1.29, 1.82) is 0 Å². The second kappa shape index (κ2) is 6.07. The van der Waals surface area contributed by atoms with Crippen molar-refractivity contribution < 1.29 is 9.53 Å². The predicted molar refractivity (Wildman–Crippen MR) is 74.8 cm³/mol. The summed E-state index contributed by atoms with van der Waals surface area (Å²) < 4.78 is 5.13. The second-order valence-corrected chi connectivity index (χ2v) is 4.18. The first-order valence-corrected chi connectivity index (χ1v) is 5.93. The topological polar surface area (TPSA) is 26.3 Å². The fourth-order valence-electron chi connectivity index (χ4n) is 1.39. The molecule has 18 heavy (non-hydrogen) atoms. The first-order chi connectivity index (χ1) is 8.74. The Morgan fingerprint density at radius 1 is 1.00 bits per heavy atom. The molecule has 2 aromatic carbocycles. The molecular weight excluding hydrogens is 244 g/mol. The number of esters is 1. The first kappa shape index (κ1) is 12.5. The second-order valence-electron chi connectivity index (χ2n) is 3.66. The molecule has 2 rings (SSSR count). The van der Waals surface area contributed by atoms with Crippen LogP contribution in [0.4, 0.5) is 0 Å². The predicted octanol–water partition coefficient (Wildman–Crippen LogP) is 3.59. The van der Waals surface area contributed by atoms with Gasteiger partial charge in [0, 0.05) is 11.0 Å². The summed E-state index contributed by atoms with van der Waals surface area (Å²) in [7, 11) is 0. The molecule has 0 aromatic heterocycles. The van der Waals surface area contributed by atoms with Crippen LogP contribution in [0.3, 0.4) is 0 Å². The highest BCUT2D eigenvalue weighted by molar-refractivity contribution is 7.80. The molecule has 0 saturated carbocycles. The van der Waals surface area contributed by atoms with Gasteiger partial charge < -0.3 is 4.74 Å². The highest BCUT2D eigenvalue weighted by Gasteiger charge is 1.99. The van der Waals surface area contributed by atoms with Gasteiger partial charge in [-0.3, -0.25) is 0 Å². The number of hydrogen-bond donors (Lipinski definition) is 1. The molecule has 0 radical (unpaired) electrons. The van der Waals surface area contributed by atoms with Crippen LogP contribution in [-0.4, -0.2) is 5.97 Å². The normalized spacial score (nSPS) is 10.5. The van der Waals surface area contributed by atoms with Crippen molar-refractivity contribution in [2.24, 2.45) is 0 Å². The van der Waals surface area contributed by atoms with Crippen LogP contribution < -0.4 is 4.74 Å². The van der Waals surface area contributed by atoms with Crippen molar-refractivity contribution >= 4 is 24.7 Å². The molecule has 0 saturated heterocycles. The van der Waals surface area contributed by atoms with Crippen molar-refractivity contribution in [2.45, 2.75) is 4.90 Å². The Bertz CT molecular complexity index is 544. The lowest BCUT2D eigenvalue weighted by molar-refractivity contribution is -0.128. The molecule has 2 nitrogen and oxygen atoms in total. The number of hydrogen-bond acceptors (Lipinski definition) is 3. The van der Waals surface area contributed by atoms with E-state index in [1.165, 1.54) is 6.08 Å². The molecule has 0 unspecified atom stereocenters. The van der Waals surface area contributed by atoms with Gasteiger partial charge in [-0.1, -0.05) is 30.3 Å². The molecular formula is C15H12O2S. The zero-order valence-corrected chi connectivity index (χ0v) is 10.5. The number of thiol groups is 1. The summed E-state index contributed by atoms with van der Waals surface area (Å²) in [6.45, 7) is 0. The Morgan fingerprint density at radius 2 is 1.67 bits per heavy atom. The minimum absolute atomic E-state index is 0.397. The standard InChI is InChI=1S/C15H12O2S/c16-15(11-6-12-4-2-1-3-5-12)17-13-7-9-14(18)10-8-13/h1-11,18H/b11-6+. The Kier molecular flexibility index (Phi) is 4.20. The zero-order chi connectivity index (χ0) is 12.8. The van der Waals surface area contributed by atoms with Crippen molar-refractivity contribution in [3.8, 4) is 5.75 Å². The smallest absolute Gasteiger partial charge is 0.336 e. The van der Waals surface area contributed by atoms with E-state index in [9.17, 15) is 4.79 Å². The fourth-order valence-corrected chi connectivity index (χ4v) is 1.54. The molecule has 0 aliphatic heterocycles. The summed E-state index contributed by atoms with van der Waals surface area (Å²) in [6.07, 6.45) is 3.12. The van der Waals surface area contributed by atoms with Crippen molar-refractivity contribution in [3.63, 3.8) is 0 Å². The molecule has 0 heterocycles. The van der Waals surface area contributed by atoms with Crippen LogP contribution in [0, 0.1) is 0 Å². The molecule has 0 spiro atoms. The SMILES string of the molecule is O=C(/C=C/c1ccccc1)Oc1ccc(S)cc1. The molecule has 0 bridgehead atoms. The van der Waals surface area contributed by atoms with E-state index >= 15 is 0 Å². The lowest BCUT2D eigenvalue weighted by Gasteiger charge is -2.00. The molecule has 0 fully saturated rings. The maximum atomic E-state index is 11.5. The average molecular weight is 256 g/mol. The van der Waals surface area contributed by atoms with E-state index in [0.29, 0.717) is 5.75 Å². The van der Waals surface area contributed by atoms with Gasteiger partial charge in [0.05, 0.1) is 0 Å². The Hall–Kier alpha value is -2.00. The van der Waals surface area contributed by atoms with Crippen LogP contribution in [0.1, 0.15) is 5.56 Å². The lowest BCUT2D eigenvalue weighted by Crippen LogP contribution is -2.03. The zero-order valence-electron chi connectivity index (χ0n) is 9.61. The number of ether oxygens (including phenoxy) is 1.